The minimum absolute atomic E-state index is 0.125. The number of hydrogen-bond donors (Lipinski definition) is 3. The van der Waals surface area contributed by atoms with Crippen molar-refractivity contribution in [1.29, 1.82) is 0 Å². The summed E-state index contributed by atoms with van der Waals surface area (Å²) in [7, 11) is -3.89. The molecule has 1 heterocycles. The van der Waals surface area contributed by atoms with Crippen LogP contribution < -0.4 is 15.4 Å². The molecule has 9 heteroatoms. The van der Waals surface area contributed by atoms with Crippen LogP contribution in [0, 0.1) is 5.92 Å². The molecule has 6 rings (SSSR count). The van der Waals surface area contributed by atoms with Gasteiger partial charge < -0.3 is 10.6 Å². The van der Waals surface area contributed by atoms with Gasteiger partial charge in [-0.1, -0.05) is 50.2 Å². The molecule has 1 fully saturated rings. The van der Waals surface area contributed by atoms with Gasteiger partial charge in [-0.05, 0) is 72.7 Å². The van der Waals surface area contributed by atoms with Crippen LogP contribution in [0.4, 0.5) is 0 Å². The summed E-state index contributed by atoms with van der Waals surface area (Å²) in [6.45, 7) is 4.20. The summed E-state index contributed by atoms with van der Waals surface area (Å²) in [4.78, 5) is 31.5. The van der Waals surface area contributed by atoms with Crippen LogP contribution in [-0.4, -0.2) is 31.8 Å². The highest BCUT2D eigenvalue weighted by Gasteiger charge is 2.38. The molecule has 0 bridgehead atoms. The number of pyridine rings is 1. The van der Waals surface area contributed by atoms with Crippen LogP contribution in [0.3, 0.4) is 0 Å². The maximum absolute atomic E-state index is 13.8. The fourth-order valence-corrected chi connectivity index (χ4v) is 7.06. The van der Waals surface area contributed by atoms with Crippen LogP contribution in [-0.2, 0) is 10.0 Å². The molecule has 42 heavy (non-hydrogen) atoms. The van der Waals surface area contributed by atoms with Gasteiger partial charge in [0, 0.05) is 46.3 Å². The molecule has 2 aliphatic rings. The average molecular weight is 583 g/mol. The molecular formula is C33H34N4O4S. The summed E-state index contributed by atoms with van der Waals surface area (Å²) in [6, 6.07) is 20.4. The van der Waals surface area contributed by atoms with Crippen LogP contribution >= 0.6 is 0 Å². The second-order valence-corrected chi connectivity index (χ2v) is 13.3. The standard InChI is InChI=1S/C33H34N4O4S/c1-20(2)18-35-42(40,41)30-16-25-28(36-32(38)22-9-5-3-6-10-22)17-29(37-33(39)23-11-7-4-8-12-23)31(25)26-19-34-27(15-24(26)30)21-13-14-21/h3-12,15-16,19-21,28-29,35H,13-14,17-18H2,1-2H3,(H,36,38)(H,37,39)/t28-,29-/m1/s1. The van der Waals surface area contributed by atoms with E-state index in [0.717, 1.165) is 24.1 Å². The van der Waals surface area contributed by atoms with Crippen molar-refractivity contribution in [2.45, 2.75) is 56.0 Å². The normalized spacial score (nSPS) is 18.2. The van der Waals surface area contributed by atoms with Gasteiger partial charge in [0.25, 0.3) is 11.8 Å². The minimum atomic E-state index is -3.89. The van der Waals surface area contributed by atoms with Crippen molar-refractivity contribution in [2.75, 3.05) is 6.54 Å². The first-order chi connectivity index (χ1) is 20.2. The summed E-state index contributed by atoms with van der Waals surface area (Å²) < 4.78 is 30.3. The smallest absolute Gasteiger partial charge is 0.251 e. The Hall–Kier alpha value is -4.08. The quantitative estimate of drug-likeness (QED) is 0.245. The number of carbonyl (C=O) groups is 2. The van der Waals surface area contributed by atoms with E-state index in [9.17, 15) is 18.0 Å². The molecule has 1 aromatic heterocycles. The van der Waals surface area contributed by atoms with E-state index in [0.29, 0.717) is 46.3 Å². The predicted octanol–water partition coefficient (Wildman–Crippen LogP) is 5.39. The lowest BCUT2D eigenvalue weighted by Gasteiger charge is -2.19. The number of sulfonamides is 1. The van der Waals surface area contributed by atoms with Gasteiger partial charge in [0.05, 0.1) is 17.0 Å². The number of fused-ring (bicyclic) bond motifs is 3. The average Bonchev–Trinajstić information content (AvgIpc) is 3.79. The van der Waals surface area contributed by atoms with Gasteiger partial charge in [0.1, 0.15) is 0 Å². The minimum Gasteiger partial charge on any atom is -0.345 e. The first-order valence-corrected chi connectivity index (χ1v) is 15.9. The lowest BCUT2D eigenvalue weighted by atomic mass is 9.98. The van der Waals surface area contributed by atoms with E-state index in [2.05, 4.69) is 15.4 Å². The summed E-state index contributed by atoms with van der Waals surface area (Å²) in [5.41, 5.74) is 3.34. The highest BCUT2D eigenvalue weighted by Crippen LogP contribution is 2.47. The zero-order valence-corrected chi connectivity index (χ0v) is 24.4. The van der Waals surface area contributed by atoms with Crippen molar-refractivity contribution >= 4 is 32.6 Å². The summed E-state index contributed by atoms with van der Waals surface area (Å²) in [5, 5.41) is 7.50. The molecule has 4 aromatic rings. The van der Waals surface area contributed by atoms with Crippen molar-refractivity contribution in [3.63, 3.8) is 0 Å². The molecule has 1 saturated carbocycles. The second kappa shape index (κ2) is 11.3. The largest absolute Gasteiger partial charge is 0.345 e. The van der Waals surface area contributed by atoms with Crippen LogP contribution in [0.1, 0.15) is 88.6 Å². The van der Waals surface area contributed by atoms with E-state index in [1.54, 1.807) is 60.8 Å². The monoisotopic (exact) mass is 582 g/mol. The van der Waals surface area contributed by atoms with E-state index in [1.807, 2.05) is 32.0 Å². The van der Waals surface area contributed by atoms with Crippen molar-refractivity contribution in [3.05, 3.63) is 107 Å². The van der Waals surface area contributed by atoms with Gasteiger partial charge in [-0.2, -0.15) is 0 Å². The molecule has 3 N–H and O–H groups in total. The molecular weight excluding hydrogens is 548 g/mol. The molecule has 216 valence electrons. The van der Waals surface area contributed by atoms with E-state index in [-0.39, 0.29) is 22.6 Å². The number of nitrogens with zero attached hydrogens (tertiary/aromatic N) is 1. The topological polar surface area (TPSA) is 117 Å². The lowest BCUT2D eigenvalue weighted by molar-refractivity contribution is 0.0928. The molecule has 2 atom stereocenters. The predicted molar refractivity (Wildman–Crippen MR) is 162 cm³/mol. The highest BCUT2D eigenvalue weighted by atomic mass is 32.2. The third-order valence-electron chi connectivity index (χ3n) is 7.92. The van der Waals surface area contributed by atoms with E-state index < -0.39 is 22.1 Å². The van der Waals surface area contributed by atoms with Gasteiger partial charge in [-0.3, -0.25) is 14.6 Å². The second-order valence-electron chi connectivity index (χ2n) is 11.6. The number of benzene rings is 3. The molecule has 0 saturated heterocycles. The van der Waals surface area contributed by atoms with Crippen molar-refractivity contribution in [3.8, 4) is 0 Å². The Bertz CT molecular complexity index is 1750. The summed E-state index contributed by atoms with van der Waals surface area (Å²) in [6.07, 6.45) is 4.17. The Balaban J connectivity index is 1.48. The summed E-state index contributed by atoms with van der Waals surface area (Å²) >= 11 is 0. The van der Waals surface area contributed by atoms with Gasteiger partial charge in [-0.15, -0.1) is 0 Å². The van der Waals surface area contributed by atoms with E-state index in [4.69, 9.17) is 4.98 Å². The molecule has 2 amide bonds. The Morgan fingerprint density at radius 1 is 0.857 bits per heavy atom. The van der Waals surface area contributed by atoms with Crippen molar-refractivity contribution < 1.29 is 18.0 Å². The Morgan fingerprint density at radius 3 is 2.02 bits per heavy atom. The third-order valence-corrected chi connectivity index (χ3v) is 9.39. The SMILES string of the molecule is CC(C)CNS(=O)(=O)c1cc2c(c3cnc(C4CC4)cc13)[C@H](NC(=O)c1ccccc1)C[C@H]2NC(=O)c1ccccc1. The third kappa shape index (κ3) is 5.67. The highest BCUT2D eigenvalue weighted by molar-refractivity contribution is 7.89. The molecule has 0 spiro atoms. The summed E-state index contributed by atoms with van der Waals surface area (Å²) in [5.74, 6) is -0.0632. The van der Waals surface area contributed by atoms with Crippen LogP contribution in [0.25, 0.3) is 10.8 Å². The zero-order chi connectivity index (χ0) is 29.4. The fourth-order valence-electron chi connectivity index (χ4n) is 5.61. The molecule has 0 aliphatic heterocycles. The van der Waals surface area contributed by atoms with Crippen LogP contribution in [0.2, 0.25) is 0 Å². The first kappa shape index (κ1) is 28.1. The van der Waals surface area contributed by atoms with Crippen molar-refractivity contribution in [1.82, 2.24) is 20.3 Å². The molecule has 0 unspecified atom stereocenters. The first-order valence-electron chi connectivity index (χ1n) is 14.4. The Labute approximate surface area is 246 Å². The van der Waals surface area contributed by atoms with Crippen molar-refractivity contribution in [2.24, 2.45) is 5.92 Å². The number of rotatable bonds is 9. The fraction of sp³-hybridized carbons (Fsp3) is 0.303. The molecule has 8 nitrogen and oxygen atoms in total. The molecule has 0 radical (unpaired) electrons. The van der Waals surface area contributed by atoms with Gasteiger partial charge in [-0.25, -0.2) is 13.1 Å². The number of carbonyl (C=O) groups excluding carboxylic acids is 2. The Kier molecular flexibility index (Phi) is 7.55. The maximum Gasteiger partial charge on any atom is 0.251 e. The van der Waals surface area contributed by atoms with E-state index >= 15 is 0 Å². The number of nitrogens with one attached hydrogen (secondary N) is 3. The van der Waals surface area contributed by atoms with Crippen LogP contribution in [0.15, 0.2) is 83.9 Å². The van der Waals surface area contributed by atoms with Crippen LogP contribution in [0.5, 0.6) is 0 Å². The van der Waals surface area contributed by atoms with Gasteiger partial charge in [0.2, 0.25) is 10.0 Å². The number of amides is 2. The molecule has 2 aliphatic carbocycles. The maximum atomic E-state index is 13.8. The van der Waals surface area contributed by atoms with E-state index in [1.165, 1.54) is 0 Å². The van der Waals surface area contributed by atoms with Gasteiger partial charge >= 0.3 is 0 Å². The van der Waals surface area contributed by atoms with Gasteiger partial charge in [0.15, 0.2) is 0 Å². The molecule has 3 aromatic carbocycles. The number of hydrogen-bond acceptors (Lipinski definition) is 5. The zero-order valence-electron chi connectivity index (χ0n) is 23.6. The Morgan fingerprint density at radius 2 is 1.45 bits per heavy atom. The number of aromatic nitrogens is 1. The lowest BCUT2D eigenvalue weighted by Crippen LogP contribution is -2.30.